The Morgan fingerprint density at radius 3 is 1.72 bits per heavy atom. The summed E-state index contributed by atoms with van der Waals surface area (Å²) in [4.78, 5) is 0. The third kappa shape index (κ3) is 5.25. The summed E-state index contributed by atoms with van der Waals surface area (Å²) in [5.74, 6) is 0. The molecular weight excluding hydrogens is 414 g/mol. The number of benzene rings is 1. The van der Waals surface area contributed by atoms with E-state index in [1.165, 1.54) is 43.3 Å². The van der Waals surface area contributed by atoms with Gasteiger partial charge in [-0.25, -0.2) is 0 Å². The number of hydrogen-bond donors (Lipinski definition) is 0. The normalized spacial score (nSPS) is 13.4. The van der Waals surface area contributed by atoms with Gasteiger partial charge in [-0.15, -0.1) is 0 Å². The van der Waals surface area contributed by atoms with Crippen molar-refractivity contribution in [1.29, 1.82) is 0 Å². The van der Waals surface area contributed by atoms with Crippen LogP contribution in [0.4, 0.5) is 0 Å². The number of unbranched alkanes of at least 4 members (excludes halogenated alkanes) is 2. The molecule has 18 heavy (non-hydrogen) atoms. The van der Waals surface area contributed by atoms with Crippen molar-refractivity contribution in [2.24, 2.45) is 0 Å². The second kappa shape index (κ2) is 8.42. The topological polar surface area (TPSA) is 0 Å². The van der Waals surface area contributed by atoms with Gasteiger partial charge in [-0.1, -0.05) is 0 Å². The maximum Gasteiger partial charge on any atom is 0 e. The Labute approximate surface area is 139 Å². The first kappa shape index (κ1) is 19.1. The van der Waals surface area contributed by atoms with Crippen LogP contribution >= 0.6 is 35.0 Å². The van der Waals surface area contributed by atoms with Crippen molar-refractivity contribution in [3.63, 3.8) is 0 Å². The Morgan fingerprint density at radius 2 is 1.33 bits per heavy atom. The van der Waals surface area contributed by atoms with Crippen LogP contribution in [0.1, 0.15) is 39.5 Å². The predicted molar refractivity (Wildman–Crippen MR) is 90.4 cm³/mol. The molecular formula is C14H23Br2MnP. The van der Waals surface area contributed by atoms with E-state index in [4.69, 9.17) is 0 Å². The Bertz CT molecular complexity index is 329. The third-order valence-corrected chi connectivity index (χ3v) is 13.7. The molecule has 0 aliphatic heterocycles. The summed E-state index contributed by atoms with van der Waals surface area (Å²) in [7, 11) is 0. The van der Waals surface area contributed by atoms with Crippen molar-refractivity contribution >= 4 is 40.3 Å². The molecule has 1 aromatic rings. The molecule has 0 N–H and O–H groups in total. The van der Waals surface area contributed by atoms with E-state index in [1.807, 2.05) is 0 Å². The fourth-order valence-electron chi connectivity index (χ4n) is 2.06. The van der Waals surface area contributed by atoms with Crippen LogP contribution in [-0.2, 0) is 17.1 Å². The summed E-state index contributed by atoms with van der Waals surface area (Å²) < 4.78 is -2.02. The summed E-state index contributed by atoms with van der Waals surface area (Å²) in [6.45, 7) is 4.53. The molecule has 4 heteroatoms. The average molecular weight is 437 g/mol. The van der Waals surface area contributed by atoms with Crippen LogP contribution in [0.15, 0.2) is 30.3 Å². The van der Waals surface area contributed by atoms with Crippen LogP contribution in [0.3, 0.4) is 0 Å². The van der Waals surface area contributed by atoms with Crippen LogP contribution in [-0.4, -0.2) is 12.3 Å². The van der Waals surface area contributed by atoms with Crippen LogP contribution in [0.2, 0.25) is 0 Å². The largest absolute Gasteiger partial charge is 0 e. The van der Waals surface area contributed by atoms with E-state index in [1.54, 1.807) is 0 Å². The van der Waals surface area contributed by atoms with Gasteiger partial charge in [0.1, 0.15) is 0 Å². The van der Waals surface area contributed by atoms with E-state index in [0.717, 1.165) is 0 Å². The van der Waals surface area contributed by atoms with Crippen molar-refractivity contribution in [2.75, 3.05) is 12.3 Å². The van der Waals surface area contributed by atoms with Gasteiger partial charge in [0.2, 0.25) is 0 Å². The molecule has 1 rings (SSSR count). The zero-order valence-electron chi connectivity index (χ0n) is 11.2. The van der Waals surface area contributed by atoms with Gasteiger partial charge in [0.25, 0.3) is 0 Å². The first-order valence-electron chi connectivity index (χ1n) is 6.52. The van der Waals surface area contributed by atoms with Gasteiger partial charge in [-0.3, -0.25) is 0 Å². The molecule has 0 saturated heterocycles. The first-order chi connectivity index (χ1) is 8.02. The zero-order chi connectivity index (χ0) is 12.8. The van der Waals surface area contributed by atoms with E-state index >= 15 is 0 Å². The second-order valence-electron chi connectivity index (χ2n) is 4.74. The van der Waals surface area contributed by atoms with Crippen LogP contribution in [0.25, 0.3) is 0 Å². The van der Waals surface area contributed by atoms with E-state index in [-0.39, 0.29) is 17.1 Å². The van der Waals surface area contributed by atoms with Crippen LogP contribution in [0, 0.1) is 0 Å². The minimum Gasteiger partial charge on any atom is 0 e. The summed E-state index contributed by atoms with van der Waals surface area (Å²) >= 11 is 8.29. The fourth-order valence-corrected chi connectivity index (χ4v) is 9.92. The number of halogens is 2. The van der Waals surface area contributed by atoms with Gasteiger partial charge in [0.05, 0.1) is 0 Å². The minimum absolute atomic E-state index is 0. The zero-order valence-corrected chi connectivity index (χ0v) is 16.5. The van der Waals surface area contributed by atoms with Crippen molar-refractivity contribution < 1.29 is 17.1 Å². The number of hydrogen-bond acceptors (Lipinski definition) is 0. The molecule has 0 aliphatic carbocycles. The quantitative estimate of drug-likeness (QED) is 0.358. The number of rotatable bonds is 7. The predicted octanol–water partition coefficient (Wildman–Crippen LogP) is 6.08. The summed E-state index contributed by atoms with van der Waals surface area (Å²) in [6, 6.07) is 10.9. The summed E-state index contributed by atoms with van der Waals surface area (Å²) in [6.07, 6.45) is 7.60. The first-order valence-corrected chi connectivity index (χ1v) is 13.2. The smallest absolute Gasteiger partial charge is 0 e. The fraction of sp³-hybridized carbons (Fsp3) is 0.571. The van der Waals surface area contributed by atoms with Gasteiger partial charge in [-0.05, 0) is 0 Å². The molecule has 0 heterocycles. The summed E-state index contributed by atoms with van der Waals surface area (Å²) in [5, 5.41) is 1.47. The van der Waals surface area contributed by atoms with Gasteiger partial charge in [0, 0.05) is 17.1 Å². The van der Waals surface area contributed by atoms with Gasteiger partial charge < -0.3 is 0 Å². The maximum absolute atomic E-state index is 4.15. The SMILES string of the molecule is CCCCP(Br)(Br)(CCCC)c1ccccc1.[Mn]. The van der Waals surface area contributed by atoms with Gasteiger partial charge in [-0.2, -0.15) is 0 Å². The second-order valence-corrected chi connectivity index (χ2v) is 21.8. The molecule has 0 unspecified atom stereocenters. The maximum atomic E-state index is 4.15. The molecule has 0 saturated carbocycles. The van der Waals surface area contributed by atoms with E-state index in [9.17, 15) is 0 Å². The van der Waals surface area contributed by atoms with Crippen molar-refractivity contribution in [2.45, 2.75) is 39.5 Å². The van der Waals surface area contributed by atoms with Crippen molar-refractivity contribution in [3.8, 4) is 0 Å². The average Bonchev–Trinajstić information content (AvgIpc) is 2.36. The molecule has 0 spiro atoms. The molecule has 0 fully saturated rings. The molecule has 0 aromatic heterocycles. The standard InChI is InChI=1S/C14H23Br2P.Mn/c1-3-5-12-17(15,16,13-6-4-2)14-10-8-7-9-11-14;/h7-11H,3-6,12-13H2,1-2H3;. The van der Waals surface area contributed by atoms with Gasteiger partial charge >= 0.3 is 122 Å². The molecule has 0 atom stereocenters. The Balaban J connectivity index is 0.00000289. The van der Waals surface area contributed by atoms with Gasteiger partial charge in [0.15, 0.2) is 0 Å². The molecule has 0 amide bonds. The van der Waals surface area contributed by atoms with E-state index < -0.39 is 4.01 Å². The Morgan fingerprint density at radius 1 is 0.889 bits per heavy atom. The van der Waals surface area contributed by atoms with Crippen LogP contribution < -0.4 is 5.30 Å². The summed E-state index contributed by atoms with van der Waals surface area (Å²) in [5.41, 5.74) is 0. The monoisotopic (exact) mass is 435 g/mol. The molecule has 1 radical (unpaired) electrons. The van der Waals surface area contributed by atoms with E-state index in [0.29, 0.717) is 0 Å². The molecule has 0 nitrogen and oxygen atoms in total. The molecule has 0 bridgehead atoms. The minimum atomic E-state index is -2.02. The third-order valence-electron chi connectivity index (χ3n) is 3.22. The molecule has 1 aromatic carbocycles. The van der Waals surface area contributed by atoms with Crippen molar-refractivity contribution in [1.82, 2.24) is 0 Å². The molecule has 0 aliphatic rings. The Kier molecular flexibility index (Phi) is 8.95. The van der Waals surface area contributed by atoms with E-state index in [2.05, 4.69) is 75.2 Å². The Hall–Kier alpha value is 1.13. The van der Waals surface area contributed by atoms with Crippen LogP contribution in [0.5, 0.6) is 0 Å². The van der Waals surface area contributed by atoms with Crippen molar-refractivity contribution in [3.05, 3.63) is 30.3 Å². The molecule has 105 valence electrons.